The maximum atomic E-state index is 14.4. The van der Waals surface area contributed by atoms with Gasteiger partial charge in [-0.15, -0.1) is 39.9 Å². The zero-order valence-electron chi connectivity index (χ0n) is 40.9. The summed E-state index contributed by atoms with van der Waals surface area (Å²) >= 11 is 0. The Hall–Kier alpha value is -3.60. The maximum absolute atomic E-state index is 14.4. The molecule has 0 amide bonds. The molecule has 0 radical (unpaired) electrons. The van der Waals surface area contributed by atoms with E-state index in [1.807, 2.05) is 32.9 Å². The second kappa shape index (κ2) is 23.2. The summed E-state index contributed by atoms with van der Waals surface area (Å²) in [5, 5.41) is 9.23. The van der Waals surface area contributed by atoms with Crippen molar-refractivity contribution >= 4 is 65.1 Å². The Labute approximate surface area is 399 Å². The number of Topliss-reactive ketones (excluding diaryl/α,β-unsaturated/α-hetero) is 1. The number of methoxy groups -OCH3 is 1. The quantitative estimate of drug-likeness (QED) is 0.0417. The van der Waals surface area contributed by atoms with E-state index < -0.39 is 23.8 Å². The third-order valence-corrected chi connectivity index (χ3v) is 14.9. The number of ketones is 1. The van der Waals surface area contributed by atoms with Crippen LogP contribution in [0.4, 0.5) is 0 Å². The van der Waals surface area contributed by atoms with Gasteiger partial charge in [0.25, 0.3) is 0 Å². The average molecular weight is 884 g/mol. The van der Waals surface area contributed by atoms with E-state index in [1.54, 1.807) is 0 Å². The van der Waals surface area contributed by atoms with Gasteiger partial charge in [0.15, 0.2) is 5.78 Å². The number of rotatable bonds is 18. The summed E-state index contributed by atoms with van der Waals surface area (Å²) in [6.07, 6.45) is 24.2. The first-order valence-corrected chi connectivity index (χ1v) is 24.1. The number of carbonyl (C=O) groups excluding carboxylic acids is 3. The van der Waals surface area contributed by atoms with Crippen LogP contribution in [0.3, 0.4) is 0 Å². The van der Waals surface area contributed by atoms with E-state index in [9.17, 15) is 14.4 Å². The fourth-order valence-electron chi connectivity index (χ4n) is 10.9. The molecule has 2 aliphatic heterocycles. The van der Waals surface area contributed by atoms with Crippen molar-refractivity contribution in [2.45, 2.75) is 171 Å². The van der Waals surface area contributed by atoms with Crippen LogP contribution in [0.5, 0.6) is 0 Å². The van der Waals surface area contributed by atoms with Gasteiger partial charge in [0.05, 0.1) is 7.11 Å². The van der Waals surface area contributed by atoms with Gasteiger partial charge in [-0.05, 0) is 95.1 Å². The zero-order chi connectivity index (χ0) is 45.5. The minimum atomic E-state index is -1.07. The van der Waals surface area contributed by atoms with E-state index in [0.29, 0.717) is 29.8 Å². The third kappa shape index (κ3) is 11.3. The molecule has 6 rings (SSSR count). The van der Waals surface area contributed by atoms with Crippen molar-refractivity contribution in [3.8, 4) is 0 Å². The molecular formula is C54H74MgN4O5-2. The summed E-state index contributed by atoms with van der Waals surface area (Å²) in [5.41, 5.74) is 7.67. The molecule has 3 aromatic heterocycles. The van der Waals surface area contributed by atoms with Crippen molar-refractivity contribution in [2.24, 2.45) is 29.6 Å². The van der Waals surface area contributed by atoms with E-state index in [1.165, 1.54) is 64.0 Å². The van der Waals surface area contributed by atoms with Crippen LogP contribution >= 0.6 is 0 Å². The summed E-state index contributed by atoms with van der Waals surface area (Å²) < 4.78 is 11.1. The van der Waals surface area contributed by atoms with Crippen molar-refractivity contribution in [3.05, 3.63) is 83.1 Å². The van der Waals surface area contributed by atoms with Crippen LogP contribution in [0.1, 0.15) is 181 Å². The van der Waals surface area contributed by atoms with Crippen LogP contribution in [0.15, 0.2) is 11.6 Å². The number of hydrogen-bond acceptors (Lipinski definition) is 5. The summed E-state index contributed by atoms with van der Waals surface area (Å²) in [6.45, 7) is 21.8. The van der Waals surface area contributed by atoms with Gasteiger partial charge in [0.2, 0.25) is 0 Å². The Balaban J connectivity index is 0.00000771. The number of hydrogen-bond donors (Lipinski definition) is 0. The molecule has 3 aromatic rings. The molecule has 3 unspecified atom stereocenters. The minimum Gasteiger partial charge on any atom is -0.661 e. The van der Waals surface area contributed by atoms with Gasteiger partial charge >= 0.3 is 35.0 Å². The first-order chi connectivity index (χ1) is 30.2. The molecule has 344 valence electrons. The standard InChI is InChI=1S/C54H75N4O5.Mg/c1-12-15-16-19-31(4)20-17-21-32(5)22-18-23-33(6)26-27-63-47(59)25-24-40-36(9)43-28-41-34(7)38(13-2)45(55-41)29-42-35(8)39(14-3)46(56-42)30-44-37(10)48-52(58-44)49(51(40)57-43)50(53(48)60)54(61)62-11;/h13-14,26,29-32,36,40,43,49-51H,12,15-25,27-28H2,1-11H3,(H,58,60);/q-3;+2/p-1/b33-26+,38-13+,39-14+,45-29-,46-30-;/t31-,32-,36+,40+,43?,49?,50-,51?;/m1./s1. The minimum absolute atomic E-state index is 0. The van der Waals surface area contributed by atoms with Crippen molar-refractivity contribution in [1.82, 2.24) is 15.0 Å². The van der Waals surface area contributed by atoms with Crippen molar-refractivity contribution in [1.29, 1.82) is 0 Å². The van der Waals surface area contributed by atoms with Gasteiger partial charge in [-0.3, -0.25) is 14.4 Å². The number of allylic oxidation sites excluding steroid dienone is 1. The Bertz CT molecular complexity index is 2400. The normalized spacial score (nSPS) is 24.2. The molecule has 5 heterocycles. The number of aromatic nitrogens is 3. The molecule has 3 aliphatic rings. The van der Waals surface area contributed by atoms with E-state index in [-0.39, 0.29) is 65.7 Å². The van der Waals surface area contributed by atoms with E-state index in [2.05, 4.69) is 66.7 Å². The molecule has 9 nitrogen and oxygen atoms in total. The monoisotopic (exact) mass is 883 g/mol. The predicted octanol–water partition coefficient (Wildman–Crippen LogP) is 7.83. The number of ether oxygens (including phenoxy) is 2. The number of fused-ring (bicyclic) bond motifs is 8. The van der Waals surface area contributed by atoms with E-state index in [4.69, 9.17) is 29.7 Å². The molecule has 1 saturated heterocycles. The number of unbranched alkanes of at least 4 members (excludes halogenated alkanes) is 2. The van der Waals surface area contributed by atoms with Gasteiger partial charge in [-0.2, -0.15) is 5.69 Å². The van der Waals surface area contributed by atoms with Gasteiger partial charge < -0.3 is 29.7 Å². The Morgan fingerprint density at radius 1 is 0.844 bits per heavy atom. The summed E-state index contributed by atoms with van der Waals surface area (Å²) in [4.78, 5) is 56.9. The Morgan fingerprint density at radius 3 is 2.12 bits per heavy atom. The summed E-state index contributed by atoms with van der Waals surface area (Å²) in [6, 6.07) is -0.612. The third-order valence-electron chi connectivity index (χ3n) is 14.9. The van der Waals surface area contributed by atoms with Gasteiger partial charge in [-0.25, -0.2) is 0 Å². The molecule has 0 saturated carbocycles. The zero-order valence-corrected chi connectivity index (χ0v) is 42.4. The first-order valence-electron chi connectivity index (χ1n) is 24.1. The maximum Gasteiger partial charge on any atom is 2.00 e. The number of esters is 2. The molecule has 0 N–H and O–H groups in total. The number of carbonyl (C=O) groups is 3. The summed E-state index contributed by atoms with van der Waals surface area (Å²) in [7, 11) is 1.33. The van der Waals surface area contributed by atoms with E-state index >= 15 is 0 Å². The molecular weight excluding hydrogens is 809 g/mol. The largest absolute Gasteiger partial charge is 2.00 e. The Kier molecular flexibility index (Phi) is 18.6. The molecule has 0 spiro atoms. The van der Waals surface area contributed by atoms with Crippen LogP contribution < -0.4 is 36.1 Å². The fraction of sp³-hybridized carbons (Fsp3) is 0.611. The van der Waals surface area contributed by atoms with Crippen molar-refractivity contribution < 1.29 is 23.9 Å². The first kappa shape index (κ1) is 51.4. The van der Waals surface area contributed by atoms with E-state index in [0.717, 1.165) is 73.9 Å². The Morgan fingerprint density at radius 2 is 1.47 bits per heavy atom. The molecule has 64 heavy (non-hydrogen) atoms. The fourth-order valence-corrected chi connectivity index (χ4v) is 10.9. The average Bonchev–Trinajstić information content (AvgIpc) is 4.00. The van der Waals surface area contributed by atoms with Crippen LogP contribution in [0.25, 0.3) is 29.6 Å². The molecule has 0 aromatic carbocycles. The van der Waals surface area contributed by atoms with Crippen molar-refractivity contribution in [2.75, 3.05) is 13.7 Å². The second-order valence-corrected chi connectivity index (χ2v) is 19.3. The van der Waals surface area contributed by atoms with Crippen LogP contribution in [0.2, 0.25) is 0 Å². The number of nitrogens with zero attached hydrogens (tertiary/aromatic N) is 4. The SMILES string of the molecule is C/C=c1\c(C)c2[n-]\c1=C/c1[n-]c3c(c1C)C(=O)[C@H](C(=O)OC)C3C1[N-]C(Cc3[n-]c(/c(=C/C)c3C)=C\2)[C@@H](C)[C@@H]1CCC(=O)OC/C=C(\C)CCC[C@H](C)CCC[C@H](C)CCCCC.[Mg+2]. The van der Waals surface area contributed by atoms with Gasteiger partial charge in [0.1, 0.15) is 12.5 Å². The molecule has 8 atom stereocenters. The molecule has 1 fully saturated rings. The van der Waals surface area contributed by atoms with Gasteiger partial charge in [-0.1, -0.05) is 144 Å². The predicted molar refractivity (Wildman–Crippen MR) is 259 cm³/mol. The smallest absolute Gasteiger partial charge is 0.661 e. The molecule has 8 bridgehead atoms. The van der Waals surface area contributed by atoms with Crippen LogP contribution in [-0.2, 0) is 25.5 Å². The molecule has 1 aliphatic carbocycles. The summed E-state index contributed by atoms with van der Waals surface area (Å²) in [5.74, 6) is -1.35. The topological polar surface area (TPSA) is 126 Å². The molecule has 10 heteroatoms. The second-order valence-electron chi connectivity index (χ2n) is 19.3. The van der Waals surface area contributed by atoms with Crippen molar-refractivity contribution in [3.63, 3.8) is 0 Å². The van der Waals surface area contributed by atoms with Crippen LogP contribution in [0, 0.1) is 50.4 Å². The van der Waals surface area contributed by atoms with Crippen LogP contribution in [-0.4, -0.2) is 66.6 Å². The van der Waals surface area contributed by atoms with Gasteiger partial charge in [0, 0.05) is 12.0 Å².